The van der Waals surface area contributed by atoms with Gasteiger partial charge in [-0.25, -0.2) is 0 Å². The van der Waals surface area contributed by atoms with Gasteiger partial charge >= 0.3 is 0 Å². The van der Waals surface area contributed by atoms with Crippen LogP contribution < -0.4 is 11.5 Å². The fraction of sp³-hybridized carbons (Fsp3) is 0.667. The minimum Gasteiger partial charge on any atom is -0.380 e. The van der Waals surface area contributed by atoms with Crippen molar-refractivity contribution in [1.82, 2.24) is 9.80 Å². The number of likely N-dealkylation sites (tertiary alicyclic amines) is 2. The third-order valence-electron chi connectivity index (χ3n) is 13.6. The van der Waals surface area contributed by atoms with Gasteiger partial charge in [0.15, 0.2) is 0 Å². The van der Waals surface area contributed by atoms with Crippen LogP contribution in [-0.2, 0) is 30.1 Å². The second-order valence-electron chi connectivity index (χ2n) is 16.2. The zero-order valence-electron chi connectivity index (χ0n) is 32.1. The van der Waals surface area contributed by atoms with Gasteiger partial charge in [0.2, 0.25) is 11.8 Å². The normalized spacial score (nSPS) is 33.9. The van der Waals surface area contributed by atoms with Crippen molar-refractivity contribution in [1.29, 1.82) is 0 Å². The zero-order valence-corrected chi connectivity index (χ0v) is 33.8. The molecular formula is C42H62Cl2N4O6. The number of methoxy groups -OCH3 is 2. The molecule has 6 fully saturated rings. The fourth-order valence-corrected chi connectivity index (χ4v) is 11.2. The Labute approximate surface area is 334 Å². The summed E-state index contributed by atoms with van der Waals surface area (Å²) < 4.78 is 24.1. The monoisotopic (exact) mass is 788 g/mol. The van der Waals surface area contributed by atoms with E-state index >= 15 is 0 Å². The molecule has 0 radical (unpaired) electrons. The standard InChI is InChI=1S/2C21H30N2O3.2ClH/c2*1-25-21(16-6-2-5-15(11-16)20(22)24)17-7-3-8-18(21)13-23(12-17)19-9-4-10-26-14-19;;/h2*2,5-6,11,17-19H,3-4,7-10,12-14H2,1H3,(H2,22,24);2*1H/t2*17?,18?,19-,21?;;/m10../s1. The van der Waals surface area contributed by atoms with Gasteiger partial charge < -0.3 is 30.4 Å². The van der Waals surface area contributed by atoms with Crippen LogP contribution in [-0.4, -0.2) is 101 Å². The van der Waals surface area contributed by atoms with Crippen molar-refractivity contribution in [3.63, 3.8) is 0 Å². The lowest BCUT2D eigenvalue weighted by molar-refractivity contribution is -0.179. The summed E-state index contributed by atoms with van der Waals surface area (Å²) >= 11 is 0. The molecule has 4 saturated heterocycles. The molecule has 2 aromatic rings. The van der Waals surface area contributed by atoms with Gasteiger partial charge in [0, 0.05) is 100 Å². The first-order valence-electron chi connectivity index (χ1n) is 19.8. The van der Waals surface area contributed by atoms with E-state index in [0.29, 0.717) is 46.9 Å². The SMILES string of the molecule is COC1(c2cccc(C(N)=O)c2)C2CCCC1CN([C@@H]1CCCOC1)C2.COC1(c2cccc(C(N)=O)c2)C2CCCC1CN([C@H]1CCCOC1)C2.Cl.Cl. The first-order valence-corrected chi connectivity index (χ1v) is 19.8. The highest BCUT2D eigenvalue weighted by Gasteiger charge is 2.55. The fourth-order valence-electron chi connectivity index (χ4n) is 11.2. The first-order chi connectivity index (χ1) is 25.3. The van der Waals surface area contributed by atoms with E-state index in [0.717, 1.165) is 102 Å². The van der Waals surface area contributed by atoms with Crippen molar-refractivity contribution in [2.45, 2.75) is 87.5 Å². The molecular weight excluding hydrogens is 727 g/mol. The first kappa shape index (κ1) is 42.9. The summed E-state index contributed by atoms with van der Waals surface area (Å²) in [5.74, 6) is 0.991. The Morgan fingerprint density at radius 2 is 0.981 bits per heavy atom. The van der Waals surface area contributed by atoms with Gasteiger partial charge in [-0.05, 0) is 86.8 Å². The summed E-state index contributed by atoms with van der Waals surface area (Å²) in [6, 6.07) is 16.7. The number of nitrogens with two attached hydrogens (primary N) is 2. The van der Waals surface area contributed by atoms with E-state index in [1.54, 1.807) is 12.1 Å². The highest BCUT2D eigenvalue weighted by molar-refractivity contribution is 5.93. The second kappa shape index (κ2) is 18.8. The number of nitrogens with zero attached hydrogens (tertiary/aromatic N) is 2. The number of rotatable bonds is 8. The van der Waals surface area contributed by atoms with Crippen molar-refractivity contribution in [3.05, 3.63) is 70.8 Å². The van der Waals surface area contributed by atoms with Crippen molar-refractivity contribution in [3.8, 4) is 0 Å². The maximum Gasteiger partial charge on any atom is 0.248 e. The van der Waals surface area contributed by atoms with E-state index in [1.165, 1.54) is 25.7 Å². The summed E-state index contributed by atoms with van der Waals surface area (Å²) in [6.45, 7) is 7.68. The van der Waals surface area contributed by atoms with Crippen LogP contribution in [0.1, 0.15) is 96.1 Å². The number of carbonyl (C=O) groups excluding carboxylic acids is 2. The third kappa shape index (κ3) is 8.23. The molecule has 6 atom stereocenters. The van der Waals surface area contributed by atoms with Crippen LogP contribution in [0.4, 0.5) is 0 Å². The van der Waals surface area contributed by atoms with Gasteiger partial charge in [0.1, 0.15) is 11.2 Å². The molecule has 12 heteroatoms. The quantitative estimate of drug-likeness (QED) is 0.338. The number of fused-ring (bicyclic) bond motifs is 4. The molecule has 6 aliphatic rings. The highest BCUT2D eigenvalue weighted by atomic mass is 35.5. The van der Waals surface area contributed by atoms with Gasteiger partial charge in [-0.1, -0.05) is 37.1 Å². The van der Waals surface area contributed by atoms with Crippen LogP contribution in [0.15, 0.2) is 48.5 Å². The number of hydrogen-bond donors (Lipinski definition) is 2. The molecule has 4 N–H and O–H groups in total. The molecule has 2 aliphatic carbocycles. The molecule has 2 saturated carbocycles. The molecule has 0 spiro atoms. The lowest BCUT2D eigenvalue weighted by Crippen LogP contribution is -2.61. The molecule has 10 nitrogen and oxygen atoms in total. The van der Waals surface area contributed by atoms with E-state index in [-0.39, 0.29) is 47.8 Å². The number of ether oxygens (including phenoxy) is 4. The minimum atomic E-state index is -0.375. The molecule has 8 rings (SSSR count). The van der Waals surface area contributed by atoms with E-state index in [4.69, 9.17) is 30.4 Å². The molecule has 4 bridgehead atoms. The van der Waals surface area contributed by atoms with Crippen molar-refractivity contribution < 1.29 is 28.5 Å². The van der Waals surface area contributed by atoms with Gasteiger partial charge in [-0.2, -0.15) is 0 Å². The lowest BCUT2D eigenvalue weighted by Gasteiger charge is -2.57. The summed E-state index contributed by atoms with van der Waals surface area (Å²) in [6.07, 6.45) is 11.9. The van der Waals surface area contributed by atoms with Crippen molar-refractivity contribution >= 4 is 36.6 Å². The summed E-state index contributed by atoms with van der Waals surface area (Å²) in [7, 11) is 3.67. The molecule has 4 aliphatic heterocycles. The third-order valence-corrected chi connectivity index (χ3v) is 13.6. The molecule has 54 heavy (non-hydrogen) atoms. The van der Waals surface area contributed by atoms with Gasteiger partial charge in [-0.3, -0.25) is 19.4 Å². The Bertz CT molecular complexity index is 1410. The van der Waals surface area contributed by atoms with Gasteiger partial charge in [0.05, 0.1) is 13.2 Å². The van der Waals surface area contributed by atoms with Crippen LogP contribution in [0.2, 0.25) is 0 Å². The Morgan fingerprint density at radius 3 is 1.28 bits per heavy atom. The van der Waals surface area contributed by atoms with Crippen molar-refractivity contribution in [2.75, 3.05) is 66.8 Å². The molecule has 0 aromatic heterocycles. The number of primary amides is 2. The van der Waals surface area contributed by atoms with Crippen LogP contribution in [0.3, 0.4) is 0 Å². The van der Waals surface area contributed by atoms with Gasteiger partial charge in [0.25, 0.3) is 0 Å². The number of halogens is 2. The average Bonchev–Trinajstić information content (AvgIpc) is 3.17. The van der Waals surface area contributed by atoms with E-state index in [2.05, 4.69) is 21.9 Å². The summed E-state index contributed by atoms with van der Waals surface area (Å²) in [5.41, 5.74) is 13.8. The number of amides is 2. The van der Waals surface area contributed by atoms with E-state index < -0.39 is 0 Å². The number of hydrogen-bond acceptors (Lipinski definition) is 8. The van der Waals surface area contributed by atoms with Crippen LogP contribution in [0.25, 0.3) is 0 Å². The zero-order chi connectivity index (χ0) is 36.3. The van der Waals surface area contributed by atoms with E-state index in [1.807, 2.05) is 38.5 Å². The summed E-state index contributed by atoms with van der Waals surface area (Å²) in [5, 5.41) is 0. The van der Waals surface area contributed by atoms with E-state index in [9.17, 15) is 9.59 Å². The molecule has 300 valence electrons. The molecule has 2 amide bonds. The van der Waals surface area contributed by atoms with Crippen LogP contribution >= 0.6 is 24.8 Å². The molecule has 4 unspecified atom stereocenters. The number of carbonyl (C=O) groups is 2. The molecule has 4 heterocycles. The lowest BCUT2D eigenvalue weighted by atomic mass is 9.62. The largest absolute Gasteiger partial charge is 0.380 e. The highest BCUT2D eigenvalue weighted by Crippen LogP contribution is 2.53. The Morgan fingerprint density at radius 1 is 0.611 bits per heavy atom. The topological polar surface area (TPSA) is 130 Å². The van der Waals surface area contributed by atoms with Gasteiger partial charge in [-0.15, -0.1) is 24.8 Å². The van der Waals surface area contributed by atoms with Crippen LogP contribution in [0.5, 0.6) is 0 Å². The van der Waals surface area contributed by atoms with Crippen LogP contribution in [0, 0.1) is 23.7 Å². The molecule has 2 aromatic carbocycles. The maximum absolute atomic E-state index is 11.7. The predicted octanol–water partition coefficient (Wildman–Crippen LogP) is 5.92. The Balaban J connectivity index is 0.000000200. The van der Waals surface area contributed by atoms with Crippen molar-refractivity contribution in [2.24, 2.45) is 35.1 Å². The smallest absolute Gasteiger partial charge is 0.248 e. The summed E-state index contributed by atoms with van der Waals surface area (Å²) in [4.78, 5) is 28.7. The number of benzene rings is 2. The predicted molar refractivity (Wildman–Crippen MR) is 214 cm³/mol. The minimum absolute atomic E-state index is 0. The number of piperidine rings is 2. The maximum atomic E-state index is 11.7. The average molecular weight is 790 g/mol. The Hall–Kier alpha value is -2.28. The second-order valence-corrected chi connectivity index (χ2v) is 16.2. The Kier molecular flexibility index (Phi) is 14.9.